The lowest BCUT2D eigenvalue weighted by molar-refractivity contribution is -0.120. The van der Waals surface area contributed by atoms with E-state index in [4.69, 9.17) is 5.73 Å². The van der Waals surface area contributed by atoms with Crippen LogP contribution in [0.15, 0.2) is 5.16 Å². The molecule has 7 heteroatoms. The number of carbonyl (C=O) groups is 1. The molecule has 0 aromatic carbocycles. The largest absolute Gasteiger partial charge is 0.368 e. The average molecular weight is 215 g/mol. The van der Waals surface area contributed by atoms with E-state index in [1.807, 2.05) is 0 Å². The molecule has 1 amide bonds. The summed E-state index contributed by atoms with van der Waals surface area (Å²) in [6.45, 7) is 0. The van der Waals surface area contributed by atoms with E-state index in [1.165, 1.54) is 11.8 Å². The number of aromatic nitrogens is 3. The van der Waals surface area contributed by atoms with Crippen LogP contribution in [0, 0.1) is 0 Å². The monoisotopic (exact) mass is 215 g/mol. The van der Waals surface area contributed by atoms with Gasteiger partial charge in [-0.15, -0.1) is 10.2 Å². The summed E-state index contributed by atoms with van der Waals surface area (Å²) in [6, 6.07) is 0. The molecule has 0 unspecified atom stereocenters. The van der Waals surface area contributed by atoms with Crippen molar-refractivity contribution in [2.45, 2.75) is 11.6 Å². The fourth-order valence-corrected chi connectivity index (χ4v) is 1.67. The normalized spacial score (nSPS) is 10.1. The molecule has 0 fully saturated rings. The van der Waals surface area contributed by atoms with E-state index >= 15 is 0 Å². The van der Waals surface area contributed by atoms with Crippen LogP contribution in [-0.4, -0.2) is 33.5 Å². The Morgan fingerprint density at radius 2 is 2.36 bits per heavy atom. The lowest BCUT2D eigenvalue weighted by Gasteiger charge is -2.00. The van der Waals surface area contributed by atoms with E-state index < -0.39 is 0 Å². The number of nitrogens with two attached hydrogens (primary N) is 1. The zero-order valence-electron chi connectivity index (χ0n) is 8.15. The number of hydrogen-bond donors (Lipinski definition) is 2. The van der Waals surface area contributed by atoms with Crippen LogP contribution in [-0.2, 0) is 11.8 Å². The molecule has 0 spiro atoms. The van der Waals surface area contributed by atoms with Gasteiger partial charge in [0.1, 0.15) is 0 Å². The SMILES string of the molecule is CNC(=O)CCSc1nnc(N)n1C. The Morgan fingerprint density at radius 3 is 2.86 bits per heavy atom. The van der Waals surface area contributed by atoms with Gasteiger partial charge < -0.3 is 11.1 Å². The van der Waals surface area contributed by atoms with Gasteiger partial charge in [-0.25, -0.2) is 0 Å². The molecule has 0 saturated heterocycles. The number of thioether (sulfide) groups is 1. The Hall–Kier alpha value is -1.24. The number of nitrogen functional groups attached to an aromatic ring is 1. The summed E-state index contributed by atoms with van der Waals surface area (Å²) in [6.07, 6.45) is 0.466. The van der Waals surface area contributed by atoms with Crippen molar-refractivity contribution in [2.24, 2.45) is 7.05 Å². The highest BCUT2D eigenvalue weighted by molar-refractivity contribution is 7.99. The lowest BCUT2D eigenvalue weighted by Crippen LogP contribution is -2.17. The zero-order chi connectivity index (χ0) is 10.6. The van der Waals surface area contributed by atoms with Gasteiger partial charge in [-0.1, -0.05) is 11.8 Å². The van der Waals surface area contributed by atoms with Crippen molar-refractivity contribution in [3.63, 3.8) is 0 Å². The second-order valence-electron chi connectivity index (χ2n) is 2.67. The van der Waals surface area contributed by atoms with Crippen molar-refractivity contribution in [2.75, 3.05) is 18.5 Å². The maximum absolute atomic E-state index is 10.9. The Bertz CT molecular complexity index is 324. The van der Waals surface area contributed by atoms with Gasteiger partial charge in [-0.2, -0.15) is 0 Å². The smallest absolute Gasteiger partial charge is 0.222 e. The maximum atomic E-state index is 10.9. The zero-order valence-corrected chi connectivity index (χ0v) is 8.97. The minimum Gasteiger partial charge on any atom is -0.368 e. The number of hydrogen-bond acceptors (Lipinski definition) is 5. The van der Waals surface area contributed by atoms with Crippen LogP contribution in [0.2, 0.25) is 0 Å². The van der Waals surface area contributed by atoms with Crippen LogP contribution in [0.4, 0.5) is 5.95 Å². The topological polar surface area (TPSA) is 85.8 Å². The Balaban J connectivity index is 2.39. The third kappa shape index (κ3) is 2.63. The van der Waals surface area contributed by atoms with Crippen LogP contribution in [0.1, 0.15) is 6.42 Å². The molecule has 0 radical (unpaired) electrons. The van der Waals surface area contributed by atoms with Gasteiger partial charge in [0.2, 0.25) is 11.9 Å². The summed E-state index contributed by atoms with van der Waals surface area (Å²) < 4.78 is 1.69. The number of nitrogens with one attached hydrogen (secondary N) is 1. The van der Waals surface area contributed by atoms with Crippen LogP contribution >= 0.6 is 11.8 Å². The first-order chi connectivity index (χ1) is 6.65. The Labute approximate surface area is 86.3 Å². The van der Waals surface area contributed by atoms with Crippen molar-refractivity contribution < 1.29 is 4.79 Å². The van der Waals surface area contributed by atoms with Crippen LogP contribution in [0.3, 0.4) is 0 Å². The van der Waals surface area contributed by atoms with E-state index in [0.29, 0.717) is 18.1 Å². The molecule has 0 bridgehead atoms. The number of rotatable bonds is 4. The minimum absolute atomic E-state index is 0.0210. The first kappa shape index (κ1) is 10.8. The third-order valence-electron chi connectivity index (χ3n) is 1.71. The molecular formula is C7H13N5OS. The van der Waals surface area contributed by atoms with Crippen molar-refractivity contribution in [3.8, 4) is 0 Å². The quantitative estimate of drug-likeness (QED) is 0.669. The van der Waals surface area contributed by atoms with Gasteiger partial charge in [-0.3, -0.25) is 9.36 Å². The van der Waals surface area contributed by atoms with Gasteiger partial charge in [0.25, 0.3) is 0 Å². The van der Waals surface area contributed by atoms with Crippen molar-refractivity contribution >= 4 is 23.6 Å². The van der Waals surface area contributed by atoms with Crippen molar-refractivity contribution in [1.29, 1.82) is 0 Å². The molecule has 3 N–H and O–H groups in total. The van der Waals surface area contributed by atoms with Crippen LogP contribution in [0.5, 0.6) is 0 Å². The number of nitrogens with zero attached hydrogens (tertiary/aromatic N) is 3. The Morgan fingerprint density at radius 1 is 1.64 bits per heavy atom. The first-order valence-electron chi connectivity index (χ1n) is 4.13. The van der Waals surface area contributed by atoms with Gasteiger partial charge >= 0.3 is 0 Å². The first-order valence-corrected chi connectivity index (χ1v) is 5.12. The summed E-state index contributed by atoms with van der Waals surface area (Å²) in [7, 11) is 3.41. The summed E-state index contributed by atoms with van der Waals surface area (Å²) in [4.78, 5) is 10.9. The van der Waals surface area contributed by atoms with Crippen LogP contribution < -0.4 is 11.1 Å². The molecule has 1 aromatic rings. The molecule has 0 aliphatic heterocycles. The summed E-state index contributed by atoms with van der Waals surface area (Å²) in [5.74, 6) is 1.08. The van der Waals surface area contributed by atoms with E-state index in [0.717, 1.165) is 5.16 Å². The molecule has 6 nitrogen and oxygen atoms in total. The van der Waals surface area contributed by atoms with Gasteiger partial charge in [0.05, 0.1) is 0 Å². The molecule has 0 atom stereocenters. The highest BCUT2D eigenvalue weighted by Crippen LogP contribution is 2.16. The summed E-state index contributed by atoms with van der Waals surface area (Å²) >= 11 is 1.46. The van der Waals surface area contributed by atoms with E-state index in [9.17, 15) is 4.79 Å². The standard InChI is InChI=1S/C7H13N5OS/c1-9-5(13)3-4-14-7-11-10-6(8)12(7)2/h3-4H2,1-2H3,(H2,8,10)(H,9,13). The molecule has 0 saturated carbocycles. The highest BCUT2D eigenvalue weighted by Gasteiger charge is 2.06. The Kier molecular flexibility index (Phi) is 3.75. The number of carbonyl (C=O) groups excluding carboxylic acids is 1. The van der Waals surface area contributed by atoms with Gasteiger partial charge in [-0.05, 0) is 0 Å². The molecule has 1 aromatic heterocycles. The van der Waals surface area contributed by atoms with Gasteiger partial charge in [0, 0.05) is 26.3 Å². The average Bonchev–Trinajstić information content (AvgIpc) is 2.49. The fraction of sp³-hybridized carbons (Fsp3) is 0.571. The highest BCUT2D eigenvalue weighted by atomic mass is 32.2. The fourth-order valence-electron chi connectivity index (χ4n) is 0.812. The predicted molar refractivity (Wildman–Crippen MR) is 54.8 cm³/mol. The third-order valence-corrected chi connectivity index (χ3v) is 2.73. The lowest BCUT2D eigenvalue weighted by atomic mass is 10.5. The molecular weight excluding hydrogens is 202 g/mol. The summed E-state index contributed by atoms with van der Waals surface area (Å²) in [5, 5.41) is 10.8. The molecule has 1 heterocycles. The minimum atomic E-state index is 0.0210. The van der Waals surface area contributed by atoms with E-state index in [2.05, 4.69) is 15.5 Å². The van der Waals surface area contributed by atoms with Gasteiger partial charge in [0.15, 0.2) is 5.16 Å². The van der Waals surface area contributed by atoms with E-state index in [-0.39, 0.29) is 5.91 Å². The van der Waals surface area contributed by atoms with Crippen LogP contribution in [0.25, 0.3) is 0 Å². The van der Waals surface area contributed by atoms with E-state index in [1.54, 1.807) is 18.7 Å². The van der Waals surface area contributed by atoms with Crippen molar-refractivity contribution in [3.05, 3.63) is 0 Å². The molecule has 78 valence electrons. The number of amides is 1. The molecule has 1 rings (SSSR count). The second-order valence-corrected chi connectivity index (χ2v) is 3.73. The predicted octanol–water partition coefficient (Wildman–Crippen LogP) is -0.375. The van der Waals surface area contributed by atoms with Crippen molar-refractivity contribution in [1.82, 2.24) is 20.1 Å². The molecule has 0 aliphatic rings. The molecule has 0 aliphatic carbocycles. The second kappa shape index (κ2) is 4.85. The maximum Gasteiger partial charge on any atom is 0.222 e. The number of anilines is 1. The molecule has 14 heavy (non-hydrogen) atoms. The summed E-state index contributed by atoms with van der Waals surface area (Å²) in [5.41, 5.74) is 5.50.